The van der Waals surface area contributed by atoms with E-state index in [0.717, 1.165) is 12.1 Å². The number of ether oxygens (including phenoxy) is 2. The SMILES string of the molecule is O=C(O)c1ccc([N+](=O)[O-])c2c1OC(F)(F)O2. The molecule has 0 spiro atoms. The standard InChI is InChI=1S/C8H3F2NO6/c9-8(10)16-5-3(7(12)13)1-2-4(11(14)15)6(5)17-8/h1-2H,(H,12,13). The fourth-order valence-electron chi connectivity index (χ4n) is 1.32. The molecule has 0 bridgehead atoms. The highest BCUT2D eigenvalue weighted by Crippen LogP contribution is 2.48. The van der Waals surface area contributed by atoms with Gasteiger partial charge in [0, 0.05) is 6.07 Å². The van der Waals surface area contributed by atoms with Crippen LogP contribution in [-0.4, -0.2) is 22.3 Å². The molecular weight excluding hydrogens is 244 g/mol. The van der Waals surface area contributed by atoms with Gasteiger partial charge < -0.3 is 14.6 Å². The topological polar surface area (TPSA) is 98.9 Å². The van der Waals surface area contributed by atoms with Gasteiger partial charge in [-0.2, -0.15) is 0 Å². The van der Waals surface area contributed by atoms with Crippen LogP contribution in [0, 0.1) is 10.1 Å². The molecule has 1 aliphatic heterocycles. The molecule has 1 aromatic carbocycles. The molecule has 0 aromatic heterocycles. The minimum atomic E-state index is -4.11. The summed E-state index contributed by atoms with van der Waals surface area (Å²) in [5.41, 5.74) is -1.43. The number of nitro groups is 1. The lowest BCUT2D eigenvalue weighted by atomic mass is 10.1. The molecular formula is C8H3F2NO6. The van der Waals surface area contributed by atoms with Crippen LogP contribution in [0.4, 0.5) is 14.5 Å². The maximum absolute atomic E-state index is 12.8. The first-order valence-electron chi connectivity index (χ1n) is 4.12. The zero-order valence-electron chi connectivity index (χ0n) is 7.85. The van der Waals surface area contributed by atoms with Gasteiger partial charge in [-0.3, -0.25) is 10.1 Å². The molecule has 90 valence electrons. The second kappa shape index (κ2) is 3.27. The monoisotopic (exact) mass is 247 g/mol. The smallest absolute Gasteiger partial charge is 0.478 e. The Balaban J connectivity index is 2.65. The number of halogens is 2. The number of alkyl halides is 2. The molecule has 1 heterocycles. The normalized spacial score (nSPS) is 15.6. The van der Waals surface area contributed by atoms with E-state index in [4.69, 9.17) is 5.11 Å². The summed E-state index contributed by atoms with van der Waals surface area (Å²) in [6, 6.07) is 1.55. The minimum absolute atomic E-state index is 0.636. The number of carboxylic acids is 1. The average Bonchev–Trinajstić information content (AvgIpc) is 2.49. The Labute approximate surface area is 91.3 Å². The van der Waals surface area contributed by atoms with Gasteiger partial charge in [-0.15, -0.1) is 8.78 Å². The molecule has 1 N–H and O–H groups in total. The van der Waals surface area contributed by atoms with Gasteiger partial charge in [0.05, 0.1) is 4.92 Å². The van der Waals surface area contributed by atoms with E-state index in [1.54, 1.807) is 0 Å². The maximum atomic E-state index is 12.8. The third-order valence-electron chi connectivity index (χ3n) is 1.96. The molecule has 0 radical (unpaired) electrons. The number of benzene rings is 1. The molecule has 7 nitrogen and oxygen atoms in total. The van der Waals surface area contributed by atoms with Crippen LogP contribution in [0.2, 0.25) is 0 Å². The van der Waals surface area contributed by atoms with Gasteiger partial charge in [0.25, 0.3) is 5.75 Å². The predicted octanol–water partition coefficient (Wildman–Crippen LogP) is 1.61. The fraction of sp³-hybridized carbons (Fsp3) is 0.125. The Kier molecular flexibility index (Phi) is 2.12. The summed E-state index contributed by atoms with van der Waals surface area (Å²) >= 11 is 0. The number of carboxylic acid groups (broad SMARTS) is 1. The zero-order chi connectivity index (χ0) is 12.8. The van der Waals surface area contributed by atoms with Crippen LogP contribution in [-0.2, 0) is 0 Å². The first-order chi connectivity index (χ1) is 7.82. The number of nitro benzene ring substituents is 1. The first kappa shape index (κ1) is 11.0. The molecule has 0 amide bonds. The van der Waals surface area contributed by atoms with E-state index in [2.05, 4.69) is 9.47 Å². The number of fused-ring (bicyclic) bond motifs is 1. The van der Waals surface area contributed by atoms with Crippen molar-refractivity contribution in [1.29, 1.82) is 0 Å². The second-order valence-electron chi connectivity index (χ2n) is 3.02. The lowest BCUT2D eigenvalue weighted by molar-refractivity contribution is -0.387. The molecule has 17 heavy (non-hydrogen) atoms. The highest BCUT2D eigenvalue weighted by atomic mass is 19.3. The van der Waals surface area contributed by atoms with Crippen molar-refractivity contribution >= 4 is 11.7 Å². The molecule has 2 rings (SSSR count). The summed E-state index contributed by atoms with van der Waals surface area (Å²) in [6.07, 6.45) is -4.11. The Morgan fingerprint density at radius 1 is 1.35 bits per heavy atom. The van der Waals surface area contributed by atoms with Gasteiger partial charge >= 0.3 is 18.0 Å². The molecule has 9 heteroatoms. The summed E-state index contributed by atoms with van der Waals surface area (Å²) in [5, 5.41) is 19.2. The molecule has 0 fully saturated rings. The fourth-order valence-corrected chi connectivity index (χ4v) is 1.32. The Hall–Kier alpha value is -2.45. The van der Waals surface area contributed by atoms with Crippen molar-refractivity contribution in [1.82, 2.24) is 0 Å². The van der Waals surface area contributed by atoms with Crippen LogP contribution in [0.25, 0.3) is 0 Å². The Morgan fingerprint density at radius 2 is 1.94 bits per heavy atom. The van der Waals surface area contributed by atoms with Crippen LogP contribution in [0.5, 0.6) is 11.5 Å². The number of hydrogen-bond acceptors (Lipinski definition) is 5. The van der Waals surface area contributed by atoms with Crippen molar-refractivity contribution in [2.75, 3.05) is 0 Å². The van der Waals surface area contributed by atoms with E-state index in [1.807, 2.05) is 0 Å². The van der Waals surface area contributed by atoms with E-state index in [1.165, 1.54) is 0 Å². The Morgan fingerprint density at radius 3 is 2.47 bits per heavy atom. The molecule has 0 saturated heterocycles. The van der Waals surface area contributed by atoms with Crippen molar-refractivity contribution in [3.8, 4) is 11.5 Å². The highest BCUT2D eigenvalue weighted by Gasteiger charge is 2.49. The zero-order valence-corrected chi connectivity index (χ0v) is 7.85. The van der Waals surface area contributed by atoms with Crippen molar-refractivity contribution in [3.05, 3.63) is 27.8 Å². The lowest BCUT2D eigenvalue weighted by Crippen LogP contribution is -2.26. The van der Waals surface area contributed by atoms with Crippen molar-refractivity contribution in [2.45, 2.75) is 6.29 Å². The van der Waals surface area contributed by atoms with Crippen molar-refractivity contribution in [3.63, 3.8) is 0 Å². The first-order valence-corrected chi connectivity index (χ1v) is 4.12. The number of carbonyl (C=O) groups is 1. The van der Waals surface area contributed by atoms with Crippen molar-refractivity contribution in [2.24, 2.45) is 0 Å². The lowest BCUT2D eigenvalue weighted by Gasteiger charge is -2.04. The molecule has 0 unspecified atom stereocenters. The van der Waals surface area contributed by atoms with Gasteiger partial charge in [-0.05, 0) is 6.07 Å². The second-order valence-corrected chi connectivity index (χ2v) is 3.02. The number of hydrogen-bond donors (Lipinski definition) is 1. The molecule has 0 saturated carbocycles. The summed E-state index contributed by atoms with van der Waals surface area (Å²) in [4.78, 5) is 20.3. The van der Waals surface area contributed by atoms with Gasteiger partial charge in [-0.25, -0.2) is 4.79 Å². The van der Waals surface area contributed by atoms with Gasteiger partial charge in [0.2, 0.25) is 0 Å². The van der Waals surface area contributed by atoms with Crippen LogP contribution in [0.3, 0.4) is 0 Å². The van der Waals surface area contributed by atoms with Crippen LogP contribution >= 0.6 is 0 Å². The summed E-state index contributed by atoms with van der Waals surface area (Å²) in [5.74, 6) is -3.30. The van der Waals surface area contributed by atoms with E-state index in [0.29, 0.717) is 0 Å². The largest absolute Gasteiger partial charge is 0.586 e. The highest BCUT2D eigenvalue weighted by molar-refractivity contribution is 5.93. The third-order valence-corrected chi connectivity index (χ3v) is 1.96. The van der Waals surface area contributed by atoms with Crippen LogP contribution in [0.1, 0.15) is 10.4 Å². The predicted molar refractivity (Wildman–Crippen MR) is 46.3 cm³/mol. The van der Waals surface area contributed by atoms with Crippen LogP contribution < -0.4 is 9.47 Å². The molecule has 1 aliphatic rings. The van der Waals surface area contributed by atoms with Gasteiger partial charge in [0.15, 0.2) is 5.75 Å². The van der Waals surface area contributed by atoms with E-state index >= 15 is 0 Å². The van der Waals surface area contributed by atoms with Gasteiger partial charge in [-0.1, -0.05) is 0 Å². The van der Waals surface area contributed by atoms with E-state index in [9.17, 15) is 23.7 Å². The van der Waals surface area contributed by atoms with E-state index in [-0.39, 0.29) is 0 Å². The maximum Gasteiger partial charge on any atom is 0.586 e. The third kappa shape index (κ3) is 1.71. The summed E-state index contributed by atoms with van der Waals surface area (Å²) < 4.78 is 33.4. The van der Waals surface area contributed by atoms with Crippen LogP contribution in [0.15, 0.2) is 12.1 Å². The minimum Gasteiger partial charge on any atom is -0.478 e. The summed E-state index contributed by atoms with van der Waals surface area (Å²) in [7, 11) is 0. The van der Waals surface area contributed by atoms with Gasteiger partial charge in [0.1, 0.15) is 5.56 Å². The molecule has 0 atom stereocenters. The average molecular weight is 247 g/mol. The number of aromatic carboxylic acids is 1. The number of nitrogens with zero attached hydrogens (tertiary/aromatic N) is 1. The summed E-state index contributed by atoms with van der Waals surface area (Å²) in [6.45, 7) is 0. The Bertz CT molecular complexity index is 484. The van der Waals surface area contributed by atoms with E-state index < -0.39 is 39.9 Å². The number of rotatable bonds is 2. The quantitative estimate of drug-likeness (QED) is 0.629. The molecule has 1 aromatic rings. The van der Waals surface area contributed by atoms with Crippen molar-refractivity contribution < 1.29 is 33.1 Å². The molecule has 0 aliphatic carbocycles.